The first-order valence-corrected chi connectivity index (χ1v) is 12.3. The van der Waals surface area contributed by atoms with Crippen molar-refractivity contribution in [3.05, 3.63) is 64.5 Å². The van der Waals surface area contributed by atoms with Crippen LogP contribution in [0.1, 0.15) is 50.0 Å². The van der Waals surface area contributed by atoms with Gasteiger partial charge in [-0.05, 0) is 60.7 Å². The predicted molar refractivity (Wildman–Crippen MR) is 119 cm³/mol. The van der Waals surface area contributed by atoms with Gasteiger partial charge in [0.2, 0.25) is 21.7 Å². The van der Waals surface area contributed by atoms with Crippen LogP contribution in [-0.2, 0) is 10.0 Å². The van der Waals surface area contributed by atoms with Crippen LogP contribution < -0.4 is 0 Å². The summed E-state index contributed by atoms with van der Waals surface area (Å²) in [4.78, 5) is 4.87. The van der Waals surface area contributed by atoms with Gasteiger partial charge in [-0.15, -0.1) is 0 Å². The van der Waals surface area contributed by atoms with Crippen LogP contribution in [0.15, 0.2) is 62.4 Å². The number of benzene rings is 2. The van der Waals surface area contributed by atoms with E-state index in [4.69, 9.17) is 4.52 Å². The molecule has 0 aliphatic carbocycles. The van der Waals surface area contributed by atoms with Gasteiger partial charge in [-0.3, -0.25) is 0 Å². The fourth-order valence-corrected chi connectivity index (χ4v) is 5.44. The highest BCUT2D eigenvalue weighted by Gasteiger charge is 2.33. The van der Waals surface area contributed by atoms with E-state index in [1.807, 2.05) is 36.4 Å². The Morgan fingerprint density at radius 2 is 1.80 bits per heavy atom. The van der Waals surface area contributed by atoms with E-state index in [1.165, 1.54) is 4.31 Å². The predicted octanol–water partition coefficient (Wildman–Crippen LogP) is 5.19. The molecule has 3 aromatic rings. The Bertz CT molecular complexity index is 1110. The molecule has 0 saturated carbocycles. The van der Waals surface area contributed by atoms with Crippen molar-refractivity contribution in [2.45, 2.75) is 43.4 Å². The van der Waals surface area contributed by atoms with Gasteiger partial charge in [-0.25, -0.2) is 8.42 Å². The molecule has 2 aromatic carbocycles. The molecule has 158 valence electrons. The van der Waals surface area contributed by atoms with E-state index in [2.05, 4.69) is 39.9 Å². The molecule has 2 heterocycles. The maximum absolute atomic E-state index is 13.2. The second-order valence-electron chi connectivity index (χ2n) is 7.89. The number of aromatic nitrogens is 2. The third-order valence-electron chi connectivity index (χ3n) is 5.46. The minimum atomic E-state index is -3.56. The smallest absolute Gasteiger partial charge is 0.243 e. The van der Waals surface area contributed by atoms with Gasteiger partial charge in [0, 0.05) is 23.1 Å². The number of sulfonamides is 1. The molecule has 1 fully saturated rings. The third kappa shape index (κ3) is 4.36. The van der Waals surface area contributed by atoms with E-state index in [9.17, 15) is 8.42 Å². The molecule has 8 heteroatoms. The lowest BCUT2D eigenvalue weighted by atomic mass is 10.00. The van der Waals surface area contributed by atoms with Crippen LogP contribution >= 0.6 is 15.9 Å². The second-order valence-corrected chi connectivity index (χ2v) is 10.7. The van der Waals surface area contributed by atoms with Crippen molar-refractivity contribution in [1.82, 2.24) is 14.4 Å². The molecule has 0 N–H and O–H groups in total. The highest BCUT2D eigenvalue weighted by atomic mass is 79.9. The molecular formula is C22H24BrN3O3S. The minimum absolute atomic E-state index is 0.111. The number of piperidine rings is 1. The number of rotatable bonds is 5. The van der Waals surface area contributed by atoms with Gasteiger partial charge >= 0.3 is 0 Å². The van der Waals surface area contributed by atoms with Gasteiger partial charge < -0.3 is 4.52 Å². The van der Waals surface area contributed by atoms with Gasteiger partial charge in [-0.1, -0.05) is 47.1 Å². The fraction of sp³-hybridized carbons (Fsp3) is 0.364. The molecule has 0 spiro atoms. The van der Waals surface area contributed by atoms with E-state index < -0.39 is 10.0 Å². The molecule has 30 heavy (non-hydrogen) atoms. The molecule has 4 rings (SSSR count). The van der Waals surface area contributed by atoms with Crippen LogP contribution in [0.3, 0.4) is 0 Å². The Morgan fingerprint density at radius 1 is 1.10 bits per heavy atom. The molecule has 1 saturated heterocycles. The summed E-state index contributed by atoms with van der Waals surface area (Å²) in [6.45, 7) is 5.02. The summed E-state index contributed by atoms with van der Waals surface area (Å²) in [7, 11) is -3.56. The topological polar surface area (TPSA) is 76.3 Å². The Morgan fingerprint density at radius 3 is 2.47 bits per heavy atom. The molecule has 1 aliphatic heterocycles. The molecule has 0 radical (unpaired) electrons. The maximum Gasteiger partial charge on any atom is 0.243 e. The zero-order valence-corrected chi connectivity index (χ0v) is 19.4. The molecule has 1 atom stereocenters. The van der Waals surface area contributed by atoms with Crippen LogP contribution in [0.5, 0.6) is 0 Å². The Labute approximate surface area is 185 Å². The van der Waals surface area contributed by atoms with Crippen molar-refractivity contribution >= 4 is 26.0 Å². The van der Waals surface area contributed by atoms with E-state index >= 15 is 0 Å². The van der Waals surface area contributed by atoms with Gasteiger partial charge in [0.25, 0.3) is 0 Å². The van der Waals surface area contributed by atoms with Gasteiger partial charge in [-0.2, -0.15) is 9.29 Å². The largest absolute Gasteiger partial charge is 0.339 e. The summed E-state index contributed by atoms with van der Waals surface area (Å²) in [6.07, 6.45) is 1.57. The van der Waals surface area contributed by atoms with Gasteiger partial charge in [0.15, 0.2) is 0 Å². The minimum Gasteiger partial charge on any atom is -0.339 e. The van der Waals surface area contributed by atoms with Crippen LogP contribution in [0.2, 0.25) is 0 Å². The lowest BCUT2D eigenvalue weighted by Gasteiger charge is -2.30. The lowest BCUT2D eigenvalue weighted by Crippen LogP contribution is -2.39. The standard InChI is InChI=1S/C22H24BrN3O3S/c1-15(2)16-7-11-20(12-8-16)30(27,28)26-13-3-4-18(14-26)22-24-21(25-29-22)17-5-9-19(23)10-6-17/h5-12,15,18H,3-4,13-14H2,1-2H3/t18-/m1/s1. The summed E-state index contributed by atoms with van der Waals surface area (Å²) in [5.74, 6) is 1.25. The Kier molecular flexibility index (Phi) is 6.09. The quantitative estimate of drug-likeness (QED) is 0.492. The normalized spacial score (nSPS) is 18.1. The van der Waals surface area contributed by atoms with E-state index in [0.717, 1.165) is 28.4 Å². The van der Waals surface area contributed by atoms with E-state index in [-0.39, 0.29) is 5.92 Å². The van der Waals surface area contributed by atoms with Crippen LogP contribution in [-0.4, -0.2) is 36.0 Å². The van der Waals surface area contributed by atoms with Crippen molar-refractivity contribution < 1.29 is 12.9 Å². The van der Waals surface area contributed by atoms with Crippen molar-refractivity contribution in [2.75, 3.05) is 13.1 Å². The average Bonchev–Trinajstić information content (AvgIpc) is 3.25. The zero-order chi connectivity index (χ0) is 21.3. The number of nitrogens with zero attached hydrogens (tertiary/aromatic N) is 3. The van der Waals surface area contributed by atoms with Crippen molar-refractivity contribution in [3.63, 3.8) is 0 Å². The molecular weight excluding hydrogens is 466 g/mol. The number of halogens is 1. The van der Waals surface area contributed by atoms with Crippen molar-refractivity contribution in [3.8, 4) is 11.4 Å². The second kappa shape index (κ2) is 8.61. The fourth-order valence-electron chi connectivity index (χ4n) is 3.65. The first kappa shape index (κ1) is 21.2. The van der Waals surface area contributed by atoms with Crippen LogP contribution in [0, 0.1) is 0 Å². The highest BCUT2D eigenvalue weighted by Crippen LogP contribution is 2.31. The van der Waals surface area contributed by atoms with E-state index in [1.54, 1.807) is 12.1 Å². The SMILES string of the molecule is CC(C)c1ccc(S(=O)(=O)N2CCC[C@@H](c3nc(-c4ccc(Br)cc4)no3)C2)cc1. The molecule has 0 bridgehead atoms. The van der Waals surface area contributed by atoms with E-state index in [0.29, 0.717) is 35.6 Å². The zero-order valence-electron chi connectivity index (χ0n) is 17.0. The highest BCUT2D eigenvalue weighted by molar-refractivity contribution is 9.10. The monoisotopic (exact) mass is 489 g/mol. The summed E-state index contributed by atoms with van der Waals surface area (Å²) >= 11 is 3.41. The van der Waals surface area contributed by atoms with Gasteiger partial charge in [0.05, 0.1) is 10.8 Å². The van der Waals surface area contributed by atoms with Gasteiger partial charge in [0.1, 0.15) is 0 Å². The van der Waals surface area contributed by atoms with Crippen molar-refractivity contribution in [1.29, 1.82) is 0 Å². The number of hydrogen-bond acceptors (Lipinski definition) is 5. The molecule has 6 nitrogen and oxygen atoms in total. The molecule has 0 unspecified atom stereocenters. The third-order valence-corrected chi connectivity index (χ3v) is 7.87. The average molecular weight is 490 g/mol. The Balaban J connectivity index is 1.52. The first-order chi connectivity index (χ1) is 14.3. The summed E-state index contributed by atoms with van der Waals surface area (Å²) in [5.41, 5.74) is 1.98. The van der Waals surface area contributed by atoms with Crippen LogP contribution in [0.4, 0.5) is 0 Å². The number of hydrogen-bond donors (Lipinski definition) is 0. The molecule has 1 aromatic heterocycles. The molecule has 1 aliphatic rings. The van der Waals surface area contributed by atoms with Crippen LogP contribution in [0.25, 0.3) is 11.4 Å². The summed E-state index contributed by atoms with van der Waals surface area (Å²) in [6, 6.07) is 14.9. The maximum atomic E-state index is 13.2. The Hall–Kier alpha value is -2.03. The summed E-state index contributed by atoms with van der Waals surface area (Å²) in [5, 5.41) is 4.09. The molecule has 0 amide bonds. The first-order valence-electron chi connectivity index (χ1n) is 10.0. The van der Waals surface area contributed by atoms with Crippen molar-refractivity contribution in [2.24, 2.45) is 0 Å². The lowest BCUT2D eigenvalue weighted by molar-refractivity contribution is 0.265. The summed E-state index contributed by atoms with van der Waals surface area (Å²) < 4.78 is 34.3.